The molecule has 1 amide bonds. The number of benzene rings is 1. The van der Waals surface area contributed by atoms with Crippen molar-refractivity contribution in [3.63, 3.8) is 0 Å². The number of halogens is 2. The first-order valence-electron chi connectivity index (χ1n) is 7.80. The molecule has 0 aliphatic carbocycles. The largest absolute Gasteiger partial charge is 0.341 e. The lowest BCUT2D eigenvalue weighted by molar-refractivity contribution is -0.134. The van der Waals surface area contributed by atoms with Gasteiger partial charge in [0.15, 0.2) is 0 Å². The Hall–Kier alpha value is -1.59. The maximum atomic E-state index is 13.2. The third kappa shape index (κ3) is 3.67. The first kappa shape index (κ1) is 17.8. The molecular formula is C17H23ClFN3O. The lowest BCUT2D eigenvalue weighted by atomic mass is 9.87. The van der Waals surface area contributed by atoms with Crippen LogP contribution in [0.15, 0.2) is 30.5 Å². The van der Waals surface area contributed by atoms with Crippen molar-refractivity contribution in [2.24, 2.45) is 17.6 Å². The number of fused-ring (bicyclic) bond motifs is 1. The molecule has 2 aromatic rings. The number of amides is 1. The van der Waals surface area contributed by atoms with Crippen molar-refractivity contribution in [3.8, 4) is 0 Å². The number of hydrogen-bond acceptors (Lipinski definition) is 2. The molecule has 23 heavy (non-hydrogen) atoms. The number of nitrogens with two attached hydrogens (primary N) is 1. The average Bonchev–Trinajstić information content (AvgIpc) is 2.89. The van der Waals surface area contributed by atoms with E-state index in [1.807, 2.05) is 21.7 Å². The number of nitrogens with zero attached hydrogens (tertiary/aromatic N) is 2. The Morgan fingerprint density at radius 2 is 2.17 bits per heavy atom. The molecule has 1 aliphatic rings. The number of hydrogen-bond donors (Lipinski definition) is 1. The summed E-state index contributed by atoms with van der Waals surface area (Å²) < 4.78 is 15.1. The van der Waals surface area contributed by atoms with E-state index in [4.69, 9.17) is 5.73 Å². The molecule has 3 rings (SSSR count). The number of rotatable bonds is 3. The minimum absolute atomic E-state index is 0. The van der Waals surface area contributed by atoms with Gasteiger partial charge in [0, 0.05) is 30.2 Å². The fraction of sp³-hybridized carbons (Fsp3) is 0.471. The van der Waals surface area contributed by atoms with Crippen LogP contribution in [0.1, 0.15) is 13.3 Å². The van der Waals surface area contributed by atoms with Crippen molar-refractivity contribution >= 4 is 29.2 Å². The number of piperidine rings is 1. The fourth-order valence-corrected chi connectivity index (χ4v) is 3.24. The summed E-state index contributed by atoms with van der Waals surface area (Å²) in [4.78, 5) is 14.4. The molecule has 0 bridgehead atoms. The van der Waals surface area contributed by atoms with E-state index in [1.54, 1.807) is 6.07 Å². The summed E-state index contributed by atoms with van der Waals surface area (Å²) in [5.74, 6) is 0.803. The highest BCUT2D eigenvalue weighted by molar-refractivity contribution is 5.85. The van der Waals surface area contributed by atoms with Crippen molar-refractivity contribution in [2.45, 2.75) is 19.9 Å². The third-order valence-electron chi connectivity index (χ3n) is 4.81. The molecule has 1 aromatic carbocycles. The van der Waals surface area contributed by atoms with E-state index in [2.05, 4.69) is 6.92 Å². The van der Waals surface area contributed by atoms with Crippen LogP contribution in [-0.4, -0.2) is 35.0 Å². The third-order valence-corrected chi connectivity index (χ3v) is 4.81. The second kappa shape index (κ2) is 7.32. The SMILES string of the molecule is CC1CCN(C(=O)Cn2ccc3cc(F)ccc32)CC1CN.Cl. The van der Waals surface area contributed by atoms with Crippen LogP contribution >= 0.6 is 12.4 Å². The smallest absolute Gasteiger partial charge is 0.242 e. The molecule has 1 fully saturated rings. The van der Waals surface area contributed by atoms with Crippen LogP contribution in [0.5, 0.6) is 0 Å². The monoisotopic (exact) mass is 339 g/mol. The van der Waals surface area contributed by atoms with Crippen LogP contribution in [0.3, 0.4) is 0 Å². The second-order valence-corrected chi connectivity index (χ2v) is 6.25. The Bertz CT molecular complexity index is 688. The van der Waals surface area contributed by atoms with Crippen LogP contribution in [0.4, 0.5) is 4.39 Å². The molecule has 1 aromatic heterocycles. The molecule has 2 N–H and O–H groups in total. The molecular weight excluding hydrogens is 317 g/mol. The standard InChI is InChI=1S/C17H22FN3O.ClH/c1-12-4-6-21(10-14(12)9-19)17(22)11-20-7-5-13-8-15(18)2-3-16(13)20;/h2-3,5,7-8,12,14H,4,6,9-11,19H2,1H3;1H. The maximum Gasteiger partial charge on any atom is 0.242 e. The van der Waals surface area contributed by atoms with Crippen molar-refractivity contribution in [1.29, 1.82) is 0 Å². The molecule has 4 nitrogen and oxygen atoms in total. The summed E-state index contributed by atoms with van der Waals surface area (Å²) in [6.45, 7) is 4.65. The van der Waals surface area contributed by atoms with Crippen molar-refractivity contribution in [3.05, 3.63) is 36.3 Å². The van der Waals surface area contributed by atoms with Gasteiger partial charge in [-0.15, -0.1) is 12.4 Å². The fourth-order valence-electron chi connectivity index (χ4n) is 3.24. The Kier molecular flexibility index (Phi) is 5.65. The van der Waals surface area contributed by atoms with Gasteiger partial charge in [0.1, 0.15) is 12.4 Å². The second-order valence-electron chi connectivity index (χ2n) is 6.25. The maximum absolute atomic E-state index is 13.2. The molecule has 2 heterocycles. The summed E-state index contributed by atoms with van der Waals surface area (Å²) in [7, 11) is 0. The lowest BCUT2D eigenvalue weighted by Crippen LogP contribution is -2.46. The lowest BCUT2D eigenvalue weighted by Gasteiger charge is -2.36. The van der Waals surface area contributed by atoms with E-state index in [1.165, 1.54) is 12.1 Å². The van der Waals surface area contributed by atoms with Crippen LogP contribution in [0, 0.1) is 17.7 Å². The number of likely N-dealkylation sites (tertiary alicyclic amines) is 1. The molecule has 1 aliphatic heterocycles. The summed E-state index contributed by atoms with van der Waals surface area (Å²) >= 11 is 0. The van der Waals surface area contributed by atoms with Gasteiger partial charge in [-0.1, -0.05) is 6.92 Å². The molecule has 1 saturated heterocycles. The van der Waals surface area contributed by atoms with E-state index >= 15 is 0 Å². The van der Waals surface area contributed by atoms with Gasteiger partial charge in [-0.05, 0) is 49.1 Å². The van der Waals surface area contributed by atoms with E-state index in [9.17, 15) is 9.18 Å². The highest BCUT2D eigenvalue weighted by atomic mass is 35.5. The molecule has 2 unspecified atom stereocenters. The summed E-state index contributed by atoms with van der Waals surface area (Å²) in [6.07, 6.45) is 2.85. The molecule has 0 radical (unpaired) electrons. The zero-order valence-corrected chi connectivity index (χ0v) is 14.1. The van der Waals surface area contributed by atoms with Crippen LogP contribution < -0.4 is 5.73 Å². The van der Waals surface area contributed by atoms with Crippen molar-refractivity contribution in [1.82, 2.24) is 9.47 Å². The van der Waals surface area contributed by atoms with E-state index in [0.717, 1.165) is 30.4 Å². The summed E-state index contributed by atoms with van der Waals surface area (Å²) in [6, 6.07) is 6.48. The van der Waals surface area contributed by atoms with Crippen LogP contribution in [0.2, 0.25) is 0 Å². The first-order valence-corrected chi connectivity index (χ1v) is 7.80. The average molecular weight is 340 g/mol. The Labute approximate surface area is 141 Å². The van der Waals surface area contributed by atoms with Gasteiger partial charge in [0.05, 0.1) is 0 Å². The first-order chi connectivity index (χ1) is 10.6. The van der Waals surface area contributed by atoms with E-state index in [-0.39, 0.29) is 24.1 Å². The quantitative estimate of drug-likeness (QED) is 0.934. The minimum atomic E-state index is -0.257. The van der Waals surface area contributed by atoms with Gasteiger partial charge < -0.3 is 15.2 Å². The molecule has 0 saturated carbocycles. The van der Waals surface area contributed by atoms with Crippen LogP contribution in [0.25, 0.3) is 10.9 Å². The summed E-state index contributed by atoms with van der Waals surface area (Å²) in [5, 5.41) is 0.819. The summed E-state index contributed by atoms with van der Waals surface area (Å²) in [5.41, 5.74) is 6.69. The normalized spacial score (nSPS) is 21.3. The van der Waals surface area contributed by atoms with Crippen LogP contribution in [-0.2, 0) is 11.3 Å². The number of aromatic nitrogens is 1. The Morgan fingerprint density at radius 3 is 2.91 bits per heavy atom. The van der Waals surface area contributed by atoms with E-state index < -0.39 is 0 Å². The van der Waals surface area contributed by atoms with Gasteiger partial charge in [-0.3, -0.25) is 4.79 Å². The highest BCUT2D eigenvalue weighted by Gasteiger charge is 2.27. The molecule has 0 spiro atoms. The topological polar surface area (TPSA) is 51.3 Å². The highest BCUT2D eigenvalue weighted by Crippen LogP contribution is 2.23. The minimum Gasteiger partial charge on any atom is -0.341 e. The van der Waals surface area contributed by atoms with Gasteiger partial charge in [0.2, 0.25) is 5.91 Å². The molecule has 126 valence electrons. The Balaban J connectivity index is 0.00000192. The van der Waals surface area contributed by atoms with Crippen molar-refractivity contribution in [2.75, 3.05) is 19.6 Å². The molecule has 2 atom stereocenters. The number of carbonyl (C=O) groups excluding carboxylic acids is 1. The molecule has 6 heteroatoms. The van der Waals surface area contributed by atoms with Gasteiger partial charge in [0.25, 0.3) is 0 Å². The Morgan fingerprint density at radius 1 is 1.39 bits per heavy atom. The van der Waals surface area contributed by atoms with Gasteiger partial charge in [-0.25, -0.2) is 4.39 Å². The number of carbonyl (C=O) groups is 1. The van der Waals surface area contributed by atoms with Crippen molar-refractivity contribution < 1.29 is 9.18 Å². The predicted octanol–water partition coefficient (Wildman–Crippen LogP) is 2.65. The van der Waals surface area contributed by atoms with Gasteiger partial charge >= 0.3 is 0 Å². The predicted molar refractivity (Wildman–Crippen MR) is 92.0 cm³/mol. The zero-order valence-electron chi connectivity index (χ0n) is 13.2. The van der Waals surface area contributed by atoms with E-state index in [0.29, 0.717) is 24.9 Å². The zero-order chi connectivity index (χ0) is 15.7. The van der Waals surface area contributed by atoms with Gasteiger partial charge in [-0.2, -0.15) is 0 Å².